The van der Waals surface area contributed by atoms with Crippen molar-refractivity contribution in [1.82, 2.24) is 4.90 Å². The average Bonchev–Trinajstić information content (AvgIpc) is 3.23. The van der Waals surface area contributed by atoms with Crippen LogP contribution in [-0.2, 0) is 16.1 Å². The van der Waals surface area contributed by atoms with Crippen LogP contribution in [0.3, 0.4) is 0 Å². The molecule has 0 radical (unpaired) electrons. The summed E-state index contributed by atoms with van der Waals surface area (Å²) in [5, 5.41) is 2.47. The standard InChI is InChI=1S/C22H25NO3/c1-25-22(24)19-12-23(13-19)11-14-2-3-16-8-20(5-4-15(16)6-14)26-21-9-17-7-18(17)10-21/h2-6,8,17-19,21H,7,9-13H2,1H3/t17-,18+,21-. The van der Waals surface area contributed by atoms with Crippen LogP contribution in [0.1, 0.15) is 24.8 Å². The third kappa shape index (κ3) is 3.07. The van der Waals surface area contributed by atoms with Gasteiger partial charge in [-0.05, 0) is 65.6 Å². The van der Waals surface area contributed by atoms with Gasteiger partial charge in [0.05, 0.1) is 19.1 Å². The van der Waals surface area contributed by atoms with Crippen molar-refractivity contribution < 1.29 is 14.3 Å². The fraction of sp³-hybridized carbons (Fsp3) is 0.500. The van der Waals surface area contributed by atoms with E-state index in [9.17, 15) is 4.79 Å². The molecule has 3 atom stereocenters. The lowest BCUT2D eigenvalue weighted by atomic mass is 9.99. The number of nitrogens with zero attached hydrogens (tertiary/aromatic N) is 1. The van der Waals surface area contributed by atoms with Crippen molar-refractivity contribution in [2.75, 3.05) is 20.2 Å². The van der Waals surface area contributed by atoms with Gasteiger partial charge in [0.1, 0.15) is 5.75 Å². The smallest absolute Gasteiger partial charge is 0.311 e. The topological polar surface area (TPSA) is 38.8 Å². The Balaban J connectivity index is 1.22. The van der Waals surface area contributed by atoms with E-state index in [1.165, 1.54) is 42.7 Å². The molecule has 1 heterocycles. The normalized spacial score (nSPS) is 27.8. The van der Waals surface area contributed by atoms with Crippen molar-refractivity contribution in [2.45, 2.75) is 31.9 Å². The Morgan fingerprint density at radius 1 is 1.04 bits per heavy atom. The lowest BCUT2D eigenvalue weighted by Gasteiger charge is -2.37. The maximum atomic E-state index is 11.5. The number of rotatable bonds is 5. The second-order valence-electron chi connectivity index (χ2n) is 8.22. The van der Waals surface area contributed by atoms with Crippen molar-refractivity contribution in [1.29, 1.82) is 0 Å². The average molecular weight is 351 g/mol. The highest BCUT2D eigenvalue weighted by Gasteiger charge is 2.46. The van der Waals surface area contributed by atoms with Crippen LogP contribution >= 0.6 is 0 Å². The summed E-state index contributed by atoms with van der Waals surface area (Å²) in [5.74, 6) is 2.85. The van der Waals surface area contributed by atoms with Crippen LogP contribution in [0.15, 0.2) is 36.4 Å². The van der Waals surface area contributed by atoms with Gasteiger partial charge in [0.2, 0.25) is 0 Å². The number of ether oxygens (including phenoxy) is 2. The van der Waals surface area contributed by atoms with E-state index in [4.69, 9.17) is 9.47 Å². The highest BCUT2D eigenvalue weighted by Crippen LogP contribution is 2.52. The highest BCUT2D eigenvalue weighted by molar-refractivity contribution is 5.84. The molecule has 2 aliphatic carbocycles. The van der Waals surface area contributed by atoms with Crippen molar-refractivity contribution in [2.24, 2.45) is 17.8 Å². The summed E-state index contributed by atoms with van der Waals surface area (Å²) in [5.41, 5.74) is 1.28. The maximum absolute atomic E-state index is 11.5. The zero-order chi connectivity index (χ0) is 17.7. The molecule has 0 bridgehead atoms. The Kier molecular flexibility index (Phi) is 3.89. The monoisotopic (exact) mass is 351 g/mol. The minimum Gasteiger partial charge on any atom is -0.490 e. The van der Waals surface area contributed by atoms with Crippen LogP contribution < -0.4 is 4.74 Å². The summed E-state index contributed by atoms with van der Waals surface area (Å²) in [7, 11) is 1.46. The van der Waals surface area contributed by atoms with Crippen LogP contribution in [-0.4, -0.2) is 37.2 Å². The molecule has 0 N–H and O–H groups in total. The summed E-state index contributed by atoms with van der Waals surface area (Å²) in [6.45, 7) is 2.47. The first-order valence-electron chi connectivity index (χ1n) is 9.67. The van der Waals surface area contributed by atoms with Crippen molar-refractivity contribution in [3.63, 3.8) is 0 Å². The molecular formula is C22H25NO3. The van der Waals surface area contributed by atoms with Gasteiger partial charge in [-0.2, -0.15) is 0 Å². The lowest BCUT2D eigenvalue weighted by Crippen LogP contribution is -2.49. The van der Waals surface area contributed by atoms with Gasteiger partial charge in [-0.1, -0.05) is 18.2 Å². The molecule has 0 amide bonds. The number of benzene rings is 2. The van der Waals surface area contributed by atoms with Crippen molar-refractivity contribution >= 4 is 16.7 Å². The summed E-state index contributed by atoms with van der Waals surface area (Å²) in [6.07, 6.45) is 4.33. The third-order valence-corrected chi connectivity index (χ3v) is 6.28. The molecule has 0 unspecified atom stereocenters. The molecule has 3 fully saturated rings. The Morgan fingerprint density at radius 3 is 2.54 bits per heavy atom. The first kappa shape index (κ1) is 16.1. The van der Waals surface area contributed by atoms with Crippen LogP contribution in [0.4, 0.5) is 0 Å². The Hall–Kier alpha value is -2.07. The van der Waals surface area contributed by atoms with Crippen molar-refractivity contribution in [3.05, 3.63) is 42.0 Å². The zero-order valence-electron chi connectivity index (χ0n) is 15.2. The number of esters is 1. The van der Waals surface area contributed by atoms with E-state index < -0.39 is 0 Å². The molecule has 2 aromatic rings. The molecule has 2 aromatic carbocycles. The van der Waals surface area contributed by atoms with Crippen LogP contribution in [0.2, 0.25) is 0 Å². The van der Waals surface area contributed by atoms with Gasteiger partial charge in [-0.25, -0.2) is 0 Å². The molecule has 3 aliphatic rings. The SMILES string of the molecule is COC(=O)C1CN(Cc2ccc3cc(O[C@H]4C[C@@H]5C[C@@H]5C4)ccc3c2)C1. The summed E-state index contributed by atoms with van der Waals surface area (Å²) in [4.78, 5) is 13.8. The molecular weight excluding hydrogens is 326 g/mol. The van der Waals surface area contributed by atoms with E-state index in [0.29, 0.717) is 6.10 Å². The third-order valence-electron chi connectivity index (χ3n) is 6.28. The first-order chi connectivity index (χ1) is 12.7. The zero-order valence-corrected chi connectivity index (χ0v) is 15.2. The number of likely N-dealkylation sites (tertiary alicyclic amines) is 1. The van der Waals surface area contributed by atoms with Gasteiger partial charge < -0.3 is 9.47 Å². The second kappa shape index (κ2) is 6.27. The number of carbonyl (C=O) groups excluding carboxylic acids is 1. The summed E-state index contributed by atoms with van der Waals surface area (Å²) < 4.78 is 11.0. The molecule has 4 nitrogen and oxygen atoms in total. The van der Waals surface area contributed by atoms with E-state index in [0.717, 1.165) is 37.2 Å². The van der Waals surface area contributed by atoms with E-state index in [1.54, 1.807) is 0 Å². The Morgan fingerprint density at radius 2 is 1.77 bits per heavy atom. The van der Waals surface area contributed by atoms with E-state index in [2.05, 4.69) is 41.3 Å². The van der Waals surface area contributed by atoms with Gasteiger partial charge in [-0.15, -0.1) is 0 Å². The lowest BCUT2D eigenvalue weighted by molar-refractivity contribution is -0.151. The highest BCUT2D eigenvalue weighted by atomic mass is 16.5. The molecule has 5 rings (SSSR count). The number of fused-ring (bicyclic) bond motifs is 2. The summed E-state index contributed by atoms with van der Waals surface area (Å²) in [6, 6.07) is 13.0. The minimum atomic E-state index is -0.0909. The minimum absolute atomic E-state index is 0.0433. The van der Waals surface area contributed by atoms with Gasteiger partial charge in [0.25, 0.3) is 0 Å². The molecule has 136 valence electrons. The number of hydrogen-bond acceptors (Lipinski definition) is 4. The quantitative estimate of drug-likeness (QED) is 0.771. The largest absolute Gasteiger partial charge is 0.490 e. The summed E-state index contributed by atoms with van der Waals surface area (Å²) >= 11 is 0. The maximum Gasteiger partial charge on any atom is 0.311 e. The van der Waals surface area contributed by atoms with Crippen LogP contribution in [0, 0.1) is 17.8 Å². The molecule has 1 aliphatic heterocycles. The number of carbonyl (C=O) groups is 1. The van der Waals surface area contributed by atoms with E-state index >= 15 is 0 Å². The number of hydrogen-bond donors (Lipinski definition) is 0. The van der Waals surface area contributed by atoms with E-state index in [1.807, 2.05) is 0 Å². The molecule has 4 heteroatoms. The van der Waals surface area contributed by atoms with E-state index in [-0.39, 0.29) is 11.9 Å². The van der Waals surface area contributed by atoms with Crippen LogP contribution in [0.25, 0.3) is 10.8 Å². The van der Waals surface area contributed by atoms with Gasteiger partial charge >= 0.3 is 5.97 Å². The van der Waals surface area contributed by atoms with Crippen molar-refractivity contribution in [3.8, 4) is 5.75 Å². The fourth-order valence-corrected chi connectivity index (χ4v) is 4.67. The fourth-order valence-electron chi connectivity index (χ4n) is 4.67. The molecule has 2 saturated carbocycles. The Bertz CT molecular complexity index is 832. The van der Waals surface area contributed by atoms with Gasteiger partial charge in [0.15, 0.2) is 0 Å². The van der Waals surface area contributed by atoms with Gasteiger partial charge in [0, 0.05) is 19.6 Å². The molecule has 0 spiro atoms. The second-order valence-corrected chi connectivity index (χ2v) is 8.22. The molecule has 0 aromatic heterocycles. The predicted octanol–water partition coefficient (Wildman–Crippen LogP) is 3.62. The predicted molar refractivity (Wildman–Crippen MR) is 100.0 cm³/mol. The van der Waals surface area contributed by atoms with Gasteiger partial charge in [-0.3, -0.25) is 9.69 Å². The molecule has 1 saturated heterocycles. The molecule has 26 heavy (non-hydrogen) atoms. The number of methoxy groups -OCH3 is 1. The first-order valence-corrected chi connectivity index (χ1v) is 9.67. The Labute approximate surface area is 154 Å². The van der Waals surface area contributed by atoms with Crippen LogP contribution in [0.5, 0.6) is 5.75 Å².